The predicted molar refractivity (Wildman–Crippen MR) is 109 cm³/mol. The number of hydrogen-bond acceptors (Lipinski definition) is 4. The van der Waals surface area contributed by atoms with Crippen LogP contribution in [0.25, 0.3) is 0 Å². The van der Waals surface area contributed by atoms with Crippen LogP contribution in [0.1, 0.15) is 31.7 Å². The van der Waals surface area contributed by atoms with Crippen molar-refractivity contribution in [3.05, 3.63) is 58.3 Å². The molecule has 1 heterocycles. The fourth-order valence-corrected chi connectivity index (χ4v) is 4.42. The van der Waals surface area contributed by atoms with Gasteiger partial charge in [0.25, 0.3) is 10.0 Å². The number of anilines is 1. The van der Waals surface area contributed by atoms with Gasteiger partial charge in [-0.25, -0.2) is 12.8 Å². The molecule has 2 aromatic carbocycles. The summed E-state index contributed by atoms with van der Waals surface area (Å²) in [6.45, 7) is 1.98. The minimum Gasteiger partial charge on any atom is -0.322 e. The van der Waals surface area contributed by atoms with Crippen molar-refractivity contribution in [2.24, 2.45) is 4.99 Å². The summed E-state index contributed by atoms with van der Waals surface area (Å²) in [5.74, 6) is -0.939. The number of sulfonamides is 1. The Labute approximate surface area is 171 Å². The zero-order chi connectivity index (χ0) is 20.3. The van der Waals surface area contributed by atoms with E-state index in [1.165, 1.54) is 18.2 Å². The number of fused-ring (bicyclic) bond motifs is 1. The van der Waals surface area contributed by atoms with Crippen LogP contribution in [-0.4, -0.2) is 26.2 Å². The maximum atomic E-state index is 14.1. The Bertz CT molecular complexity index is 1040. The molecule has 1 unspecified atom stereocenters. The molecule has 1 aliphatic heterocycles. The molecule has 1 aliphatic rings. The number of nitrogens with zero attached hydrogens (tertiary/aromatic N) is 1. The molecule has 0 saturated heterocycles. The Kier molecular flexibility index (Phi) is 6.14. The summed E-state index contributed by atoms with van der Waals surface area (Å²) in [7, 11) is -3.69. The monoisotopic (exact) mass is 467 g/mol. The number of amidine groups is 1. The molecule has 2 aromatic rings. The van der Waals surface area contributed by atoms with Gasteiger partial charge in [0.05, 0.1) is 10.6 Å². The molecule has 6 nitrogen and oxygen atoms in total. The molecule has 28 heavy (non-hydrogen) atoms. The highest BCUT2D eigenvalue weighted by molar-refractivity contribution is 9.10. The number of rotatable bonds is 6. The van der Waals surface area contributed by atoms with Crippen LogP contribution in [0.3, 0.4) is 0 Å². The van der Waals surface area contributed by atoms with Gasteiger partial charge in [0, 0.05) is 10.0 Å². The molecule has 0 radical (unpaired) electrons. The highest BCUT2D eigenvalue weighted by atomic mass is 79.9. The highest BCUT2D eigenvalue weighted by Gasteiger charge is 2.31. The smallest absolute Gasteiger partial charge is 0.263 e. The third kappa shape index (κ3) is 4.41. The van der Waals surface area contributed by atoms with Crippen molar-refractivity contribution >= 4 is 43.4 Å². The van der Waals surface area contributed by atoms with E-state index in [2.05, 4.69) is 31.0 Å². The minimum absolute atomic E-state index is 0.0438. The second-order valence-electron chi connectivity index (χ2n) is 6.35. The fourth-order valence-electron chi connectivity index (χ4n) is 2.84. The van der Waals surface area contributed by atoms with Crippen LogP contribution < -0.4 is 10.0 Å². The summed E-state index contributed by atoms with van der Waals surface area (Å²) < 4.78 is 41.5. The normalized spacial score (nSPS) is 17.0. The lowest BCUT2D eigenvalue weighted by Crippen LogP contribution is -2.31. The van der Waals surface area contributed by atoms with Crippen LogP contribution >= 0.6 is 15.9 Å². The Morgan fingerprint density at radius 1 is 1.29 bits per heavy atom. The quantitative estimate of drug-likeness (QED) is 0.676. The van der Waals surface area contributed by atoms with Gasteiger partial charge in [-0.15, -0.1) is 0 Å². The summed E-state index contributed by atoms with van der Waals surface area (Å²) in [6.07, 6.45) is 1.96. The van der Waals surface area contributed by atoms with Gasteiger partial charge in [-0.1, -0.05) is 47.8 Å². The lowest BCUT2D eigenvalue weighted by atomic mass is 10.1. The fraction of sp³-hybridized carbons (Fsp3) is 0.263. The van der Waals surface area contributed by atoms with Crippen molar-refractivity contribution in [1.29, 1.82) is 0 Å². The van der Waals surface area contributed by atoms with Crippen LogP contribution in [-0.2, 0) is 14.8 Å². The summed E-state index contributed by atoms with van der Waals surface area (Å²) in [6, 6.07) is 9.92. The van der Waals surface area contributed by atoms with E-state index in [1.54, 1.807) is 24.3 Å². The molecule has 9 heteroatoms. The first-order chi connectivity index (χ1) is 13.3. The second kappa shape index (κ2) is 8.40. The maximum absolute atomic E-state index is 14.1. The number of hydrogen-bond donors (Lipinski definition) is 2. The first-order valence-electron chi connectivity index (χ1n) is 8.77. The average molecular weight is 468 g/mol. The number of carbonyl (C=O) groups is 1. The molecule has 0 aliphatic carbocycles. The summed E-state index contributed by atoms with van der Waals surface area (Å²) in [5, 5.41) is 2.55. The molecule has 0 saturated carbocycles. The van der Waals surface area contributed by atoms with Gasteiger partial charge in [0.15, 0.2) is 0 Å². The molecular weight excluding hydrogens is 449 g/mol. The minimum atomic E-state index is -3.69. The first kappa shape index (κ1) is 20.5. The van der Waals surface area contributed by atoms with Gasteiger partial charge in [-0.2, -0.15) is 0 Å². The maximum Gasteiger partial charge on any atom is 0.263 e. The number of unbranched alkanes of at least 4 members (excludes halogenated alkanes) is 1. The van der Waals surface area contributed by atoms with E-state index >= 15 is 0 Å². The molecule has 1 atom stereocenters. The topological polar surface area (TPSA) is 87.6 Å². The van der Waals surface area contributed by atoms with Crippen molar-refractivity contribution < 1.29 is 17.6 Å². The van der Waals surface area contributed by atoms with Crippen molar-refractivity contribution in [3.63, 3.8) is 0 Å². The van der Waals surface area contributed by atoms with E-state index in [9.17, 15) is 17.6 Å². The number of benzene rings is 2. The number of halogens is 2. The Hall–Kier alpha value is -2.26. The van der Waals surface area contributed by atoms with E-state index in [1.807, 2.05) is 6.92 Å². The molecule has 0 bridgehead atoms. The van der Waals surface area contributed by atoms with Crippen LogP contribution in [0.15, 0.2) is 56.8 Å². The molecule has 3 rings (SSSR count). The summed E-state index contributed by atoms with van der Waals surface area (Å²) in [4.78, 5) is 17.2. The van der Waals surface area contributed by atoms with Crippen LogP contribution in [0.5, 0.6) is 0 Å². The van der Waals surface area contributed by atoms with Crippen molar-refractivity contribution in [1.82, 2.24) is 4.72 Å². The Balaban J connectivity index is 1.90. The first-order valence-corrected chi connectivity index (χ1v) is 11.1. The van der Waals surface area contributed by atoms with Gasteiger partial charge >= 0.3 is 0 Å². The summed E-state index contributed by atoms with van der Waals surface area (Å²) in [5.41, 5.74) is 0.467. The molecule has 0 fully saturated rings. The SMILES string of the molecule is CCCCC(N=C1NS(=O)(=O)c2ccccc21)C(=O)Nc1ccc(Br)cc1F. The van der Waals surface area contributed by atoms with E-state index in [0.717, 1.165) is 6.42 Å². The van der Waals surface area contributed by atoms with Crippen molar-refractivity contribution in [2.45, 2.75) is 37.1 Å². The van der Waals surface area contributed by atoms with Gasteiger partial charge in [-0.3, -0.25) is 14.5 Å². The van der Waals surface area contributed by atoms with Gasteiger partial charge in [-0.05, 0) is 36.8 Å². The second-order valence-corrected chi connectivity index (χ2v) is 8.92. The molecular formula is C19H19BrFN3O3S. The molecule has 148 valence electrons. The van der Waals surface area contributed by atoms with E-state index in [4.69, 9.17) is 0 Å². The standard InChI is InChI=1S/C19H19BrFN3O3S/c1-2-3-7-16(19(25)23-15-10-9-12(20)11-14(15)21)22-18-13-6-4-5-8-17(13)28(26,27)24-18/h4-6,8-11,16H,2-3,7H2,1H3,(H,22,24)(H,23,25). The largest absolute Gasteiger partial charge is 0.322 e. The predicted octanol–water partition coefficient (Wildman–Crippen LogP) is 3.82. The molecule has 0 spiro atoms. The highest BCUT2D eigenvalue weighted by Crippen LogP contribution is 2.24. The lowest BCUT2D eigenvalue weighted by molar-refractivity contribution is -0.117. The van der Waals surface area contributed by atoms with Crippen LogP contribution in [0.2, 0.25) is 0 Å². The van der Waals surface area contributed by atoms with Gasteiger partial charge in [0.2, 0.25) is 5.91 Å². The van der Waals surface area contributed by atoms with Crippen LogP contribution in [0, 0.1) is 5.82 Å². The van der Waals surface area contributed by atoms with E-state index in [-0.39, 0.29) is 16.4 Å². The zero-order valence-corrected chi connectivity index (χ0v) is 17.5. The average Bonchev–Trinajstić information content (AvgIpc) is 2.91. The zero-order valence-electron chi connectivity index (χ0n) is 15.1. The van der Waals surface area contributed by atoms with E-state index in [0.29, 0.717) is 22.9 Å². The summed E-state index contributed by atoms with van der Waals surface area (Å²) >= 11 is 3.17. The number of nitrogens with one attached hydrogen (secondary N) is 2. The van der Waals surface area contributed by atoms with Crippen molar-refractivity contribution in [3.8, 4) is 0 Å². The van der Waals surface area contributed by atoms with Crippen molar-refractivity contribution in [2.75, 3.05) is 5.32 Å². The number of carbonyl (C=O) groups excluding carboxylic acids is 1. The van der Waals surface area contributed by atoms with Gasteiger partial charge < -0.3 is 5.32 Å². The number of aliphatic imine (C=N–C) groups is 1. The molecule has 0 aromatic heterocycles. The van der Waals surface area contributed by atoms with Crippen LogP contribution in [0.4, 0.5) is 10.1 Å². The Morgan fingerprint density at radius 2 is 2.04 bits per heavy atom. The third-order valence-electron chi connectivity index (χ3n) is 4.27. The molecule has 1 amide bonds. The third-order valence-corrected chi connectivity index (χ3v) is 6.16. The molecule has 2 N–H and O–H groups in total. The Morgan fingerprint density at radius 3 is 2.75 bits per heavy atom. The lowest BCUT2D eigenvalue weighted by Gasteiger charge is -2.14. The van der Waals surface area contributed by atoms with Gasteiger partial charge in [0.1, 0.15) is 17.7 Å². The van der Waals surface area contributed by atoms with E-state index < -0.39 is 27.8 Å². The number of amides is 1.